The van der Waals surface area contributed by atoms with Gasteiger partial charge < -0.3 is 10.1 Å². The number of rotatable bonds is 6. The molecule has 1 N–H and O–H groups in total. The Morgan fingerprint density at radius 2 is 2.28 bits per heavy atom. The minimum atomic E-state index is -0.229. The standard InChI is InChI=1S/C13H16FN3O/c1-18-9-7-15-10-11-12(14)4-2-5-13(11)17-8-3-6-16-17/h2-6,8,15H,7,9-10H2,1H3. The molecule has 0 aliphatic rings. The predicted molar refractivity (Wildman–Crippen MR) is 67.1 cm³/mol. The van der Waals surface area contributed by atoms with E-state index in [9.17, 15) is 4.39 Å². The van der Waals surface area contributed by atoms with Gasteiger partial charge in [-0.05, 0) is 18.2 Å². The average Bonchev–Trinajstić information content (AvgIpc) is 2.89. The van der Waals surface area contributed by atoms with Crippen LogP contribution >= 0.6 is 0 Å². The van der Waals surface area contributed by atoms with Crippen molar-refractivity contribution in [3.05, 3.63) is 48.0 Å². The summed E-state index contributed by atoms with van der Waals surface area (Å²) in [6, 6.07) is 6.81. The Morgan fingerprint density at radius 1 is 1.39 bits per heavy atom. The lowest BCUT2D eigenvalue weighted by Crippen LogP contribution is -2.20. The van der Waals surface area contributed by atoms with Crippen molar-refractivity contribution >= 4 is 0 Å². The number of aromatic nitrogens is 2. The van der Waals surface area contributed by atoms with Crippen LogP contribution in [0.4, 0.5) is 4.39 Å². The molecular weight excluding hydrogens is 233 g/mol. The van der Waals surface area contributed by atoms with E-state index in [4.69, 9.17) is 4.74 Å². The first-order chi connectivity index (χ1) is 8.83. The summed E-state index contributed by atoms with van der Waals surface area (Å²) in [5.74, 6) is -0.229. The summed E-state index contributed by atoms with van der Waals surface area (Å²) in [6.07, 6.45) is 3.47. The van der Waals surface area contributed by atoms with Crippen LogP contribution in [0.5, 0.6) is 0 Å². The van der Waals surface area contributed by atoms with Gasteiger partial charge in [-0.25, -0.2) is 9.07 Å². The highest BCUT2D eigenvalue weighted by Gasteiger charge is 2.09. The monoisotopic (exact) mass is 249 g/mol. The fourth-order valence-corrected chi connectivity index (χ4v) is 1.74. The van der Waals surface area contributed by atoms with Gasteiger partial charge in [-0.1, -0.05) is 6.07 Å². The molecule has 0 spiro atoms. The second kappa shape index (κ2) is 6.28. The number of benzene rings is 1. The van der Waals surface area contributed by atoms with Crippen LogP contribution in [0.25, 0.3) is 5.69 Å². The minimum absolute atomic E-state index is 0.229. The molecule has 0 saturated heterocycles. The molecule has 1 aromatic carbocycles. The Hall–Kier alpha value is -1.72. The van der Waals surface area contributed by atoms with Gasteiger partial charge in [0.25, 0.3) is 0 Å². The zero-order valence-corrected chi connectivity index (χ0v) is 10.3. The van der Waals surface area contributed by atoms with E-state index in [0.717, 1.165) is 5.69 Å². The molecule has 0 saturated carbocycles. The molecule has 0 atom stereocenters. The van der Waals surface area contributed by atoms with Crippen molar-refractivity contribution in [1.29, 1.82) is 0 Å². The molecule has 0 aliphatic carbocycles. The highest BCUT2D eigenvalue weighted by molar-refractivity contribution is 5.41. The maximum Gasteiger partial charge on any atom is 0.129 e. The normalized spacial score (nSPS) is 10.8. The van der Waals surface area contributed by atoms with Gasteiger partial charge in [-0.15, -0.1) is 0 Å². The lowest BCUT2D eigenvalue weighted by atomic mass is 10.1. The number of nitrogens with one attached hydrogen (secondary N) is 1. The van der Waals surface area contributed by atoms with Crippen molar-refractivity contribution in [2.75, 3.05) is 20.3 Å². The molecule has 4 nitrogen and oxygen atoms in total. The highest BCUT2D eigenvalue weighted by atomic mass is 19.1. The van der Waals surface area contributed by atoms with Gasteiger partial charge in [-0.2, -0.15) is 5.10 Å². The quantitative estimate of drug-likeness (QED) is 0.793. The Bertz CT molecular complexity index is 485. The number of hydrogen-bond acceptors (Lipinski definition) is 3. The maximum absolute atomic E-state index is 13.8. The fourth-order valence-electron chi connectivity index (χ4n) is 1.74. The highest BCUT2D eigenvalue weighted by Crippen LogP contribution is 2.17. The summed E-state index contributed by atoms with van der Waals surface area (Å²) in [4.78, 5) is 0. The summed E-state index contributed by atoms with van der Waals surface area (Å²) in [5.41, 5.74) is 1.36. The third-order valence-electron chi connectivity index (χ3n) is 2.63. The van der Waals surface area contributed by atoms with E-state index >= 15 is 0 Å². The van der Waals surface area contributed by atoms with Crippen molar-refractivity contribution in [2.45, 2.75) is 6.54 Å². The Labute approximate surface area is 105 Å². The Balaban J connectivity index is 2.17. The van der Waals surface area contributed by atoms with Gasteiger partial charge in [0.05, 0.1) is 12.3 Å². The number of hydrogen-bond donors (Lipinski definition) is 1. The predicted octanol–water partition coefficient (Wildman–Crippen LogP) is 1.75. The van der Waals surface area contributed by atoms with Crippen molar-refractivity contribution in [3.8, 4) is 5.69 Å². The molecule has 5 heteroatoms. The van der Waals surface area contributed by atoms with Gasteiger partial charge in [0.15, 0.2) is 0 Å². The van der Waals surface area contributed by atoms with E-state index in [1.54, 1.807) is 30.3 Å². The van der Waals surface area contributed by atoms with E-state index in [2.05, 4.69) is 10.4 Å². The summed E-state index contributed by atoms with van der Waals surface area (Å²) in [5, 5.41) is 7.27. The van der Waals surface area contributed by atoms with Crippen molar-refractivity contribution in [3.63, 3.8) is 0 Å². The Kier molecular flexibility index (Phi) is 4.44. The Morgan fingerprint density at radius 3 is 3.00 bits per heavy atom. The summed E-state index contributed by atoms with van der Waals surface area (Å²) in [7, 11) is 1.64. The molecule has 0 amide bonds. The molecule has 0 fully saturated rings. The second-order valence-electron chi connectivity index (χ2n) is 3.86. The molecule has 0 unspecified atom stereocenters. The van der Waals surface area contributed by atoms with Crippen LogP contribution in [0, 0.1) is 5.82 Å². The van der Waals surface area contributed by atoms with Crippen LogP contribution in [0.1, 0.15) is 5.56 Å². The van der Waals surface area contributed by atoms with Gasteiger partial charge in [0.1, 0.15) is 5.82 Å². The third kappa shape index (κ3) is 2.94. The fraction of sp³-hybridized carbons (Fsp3) is 0.308. The summed E-state index contributed by atoms with van der Waals surface area (Å²) < 4.78 is 20.4. The minimum Gasteiger partial charge on any atom is -0.383 e. The smallest absolute Gasteiger partial charge is 0.129 e. The first kappa shape index (κ1) is 12.7. The van der Waals surface area contributed by atoms with Crippen LogP contribution in [0.15, 0.2) is 36.7 Å². The lowest BCUT2D eigenvalue weighted by molar-refractivity contribution is 0.199. The number of ether oxygens (including phenoxy) is 1. The van der Waals surface area contributed by atoms with E-state index < -0.39 is 0 Å². The molecule has 18 heavy (non-hydrogen) atoms. The molecule has 96 valence electrons. The van der Waals surface area contributed by atoms with Crippen molar-refractivity contribution < 1.29 is 9.13 Å². The van der Waals surface area contributed by atoms with Crippen LogP contribution in [-0.2, 0) is 11.3 Å². The van der Waals surface area contributed by atoms with Gasteiger partial charge in [0, 0.05) is 38.2 Å². The summed E-state index contributed by atoms with van der Waals surface area (Å²) in [6.45, 7) is 1.74. The third-order valence-corrected chi connectivity index (χ3v) is 2.63. The SMILES string of the molecule is COCCNCc1c(F)cccc1-n1cccn1. The molecule has 1 aromatic heterocycles. The molecule has 2 rings (SSSR count). The van der Waals surface area contributed by atoms with Crippen LogP contribution < -0.4 is 5.32 Å². The molecule has 0 radical (unpaired) electrons. The van der Waals surface area contributed by atoms with E-state index in [1.807, 2.05) is 12.1 Å². The molecule has 1 heterocycles. The zero-order valence-electron chi connectivity index (χ0n) is 10.3. The molecular formula is C13H16FN3O. The number of halogens is 1. The number of methoxy groups -OCH3 is 1. The van der Waals surface area contributed by atoms with Crippen LogP contribution in [-0.4, -0.2) is 30.0 Å². The van der Waals surface area contributed by atoms with Gasteiger partial charge >= 0.3 is 0 Å². The summed E-state index contributed by atoms with van der Waals surface area (Å²) >= 11 is 0. The maximum atomic E-state index is 13.8. The molecule has 0 bridgehead atoms. The average molecular weight is 249 g/mol. The van der Waals surface area contributed by atoms with E-state index in [-0.39, 0.29) is 5.82 Å². The first-order valence-corrected chi connectivity index (χ1v) is 5.80. The van der Waals surface area contributed by atoms with Crippen molar-refractivity contribution in [2.24, 2.45) is 0 Å². The first-order valence-electron chi connectivity index (χ1n) is 5.80. The largest absolute Gasteiger partial charge is 0.383 e. The lowest BCUT2D eigenvalue weighted by Gasteiger charge is -2.11. The van der Waals surface area contributed by atoms with Gasteiger partial charge in [-0.3, -0.25) is 0 Å². The van der Waals surface area contributed by atoms with Crippen molar-refractivity contribution in [1.82, 2.24) is 15.1 Å². The van der Waals surface area contributed by atoms with Crippen LogP contribution in [0.3, 0.4) is 0 Å². The second-order valence-corrected chi connectivity index (χ2v) is 3.86. The van der Waals surface area contributed by atoms with E-state index in [0.29, 0.717) is 25.3 Å². The molecule has 0 aliphatic heterocycles. The van der Waals surface area contributed by atoms with E-state index in [1.165, 1.54) is 6.07 Å². The number of nitrogens with zero attached hydrogens (tertiary/aromatic N) is 2. The van der Waals surface area contributed by atoms with Gasteiger partial charge in [0.2, 0.25) is 0 Å². The van der Waals surface area contributed by atoms with Crippen LogP contribution in [0.2, 0.25) is 0 Å². The topological polar surface area (TPSA) is 39.1 Å². The zero-order chi connectivity index (χ0) is 12.8. The molecule has 2 aromatic rings.